The fourth-order valence-corrected chi connectivity index (χ4v) is 0.216. The van der Waals surface area contributed by atoms with Crippen molar-refractivity contribution in [2.45, 2.75) is 6.18 Å². The molecule has 54 valence electrons. The zero-order valence-electron chi connectivity index (χ0n) is 4.17. The molecule has 0 N–H and O–H groups in total. The molecule has 0 aliphatic heterocycles. The van der Waals surface area contributed by atoms with Gasteiger partial charge in [-0.3, -0.25) is 0 Å². The molecule has 0 heterocycles. The molecule has 0 aliphatic carbocycles. The van der Waals surface area contributed by atoms with Gasteiger partial charge in [0.25, 0.3) is 0 Å². The maximum atomic E-state index is 11.4. The molecule has 0 aromatic carbocycles. The molecule has 0 radical (unpaired) electrons. The van der Waals surface area contributed by atoms with Crippen molar-refractivity contribution in [1.29, 1.82) is 0 Å². The second kappa shape index (κ2) is 2.80. The Bertz CT molecular complexity index is 111. The van der Waals surface area contributed by atoms with E-state index in [1.165, 1.54) is 0 Å². The molecule has 0 bridgehead atoms. The van der Waals surface area contributed by atoms with Crippen LogP contribution in [0.3, 0.4) is 0 Å². The van der Waals surface area contributed by atoms with E-state index < -0.39 is 24.8 Å². The van der Waals surface area contributed by atoms with E-state index in [0.717, 1.165) is 0 Å². The summed E-state index contributed by atoms with van der Waals surface area (Å²) < 4.78 is 55.4. The van der Waals surface area contributed by atoms with Gasteiger partial charge in [0.05, 0.1) is 6.08 Å². The lowest BCUT2D eigenvalue weighted by molar-refractivity contribution is -0.0816. The summed E-state index contributed by atoms with van der Waals surface area (Å²) in [6, 6.07) is 0. The Hall–Kier alpha value is -0.610. The second-order valence-electron chi connectivity index (χ2n) is 1.27. The molecule has 0 amide bonds. The molecule has 0 nitrogen and oxygen atoms in total. The van der Waals surface area contributed by atoms with E-state index in [2.05, 4.69) is 0 Å². The van der Waals surface area contributed by atoms with Crippen LogP contribution in [0.5, 0.6) is 0 Å². The lowest BCUT2D eigenvalue weighted by Crippen LogP contribution is -2.02. The van der Waals surface area contributed by atoms with E-state index in [1.807, 2.05) is 0 Å². The highest BCUT2D eigenvalue weighted by Gasteiger charge is 2.24. The third-order valence-corrected chi connectivity index (χ3v) is 0.448. The summed E-state index contributed by atoms with van der Waals surface area (Å²) in [5.74, 6) is -1.80. The van der Waals surface area contributed by atoms with Gasteiger partial charge in [0.2, 0.25) is 0 Å². The Morgan fingerprint density at radius 1 is 1.33 bits per heavy atom. The highest BCUT2D eigenvalue weighted by molar-refractivity contribution is 4.96. The number of rotatable bonds is 1. The molecule has 0 fully saturated rings. The van der Waals surface area contributed by atoms with Crippen LogP contribution in [0.15, 0.2) is 11.9 Å². The Kier molecular flexibility index (Phi) is 2.61. The summed E-state index contributed by atoms with van der Waals surface area (Å²) in [7, 11) is 0. The predicted octanol–water partition coefficient (Wildman–Crippen LogP) is 2.37. The van der Waals surface area contributed by atoms with Crippen LogP contribution in [0.25, 0.3) is 0 Å². The predicted molar refractivity (Wildman–Crippen MR) is 21.2 cm³/mol. The lowest BCUT2D eigenvalue weighted by Gasteiger charge is -1.96. The average Bonchev–Trinajstić information content (AvgIpc) is 1.62. The van der Waals surface area contributed by atoms with Crippen LogP contribution in [0.1, 0.15) is 0 Å². The first-order valence-electron chi connectivity index (χ1n) is 1.95. The maximum absolute atomic E-state index is 11.4. The molecule has 9 heavy (non-hydrogen) atoms. The summed E-state index contributed by atoms with van der Waals surface area (Å²) in [5.41, 5.74) is 0. The van der Waals surface area contributed by atoms with Crippen molar-refractivity contribution in [1.82, 2.24) is 0 Å². The van der Waals surface area contributed by atoms with Gasteiger partial charge < -0.3 is 0 Å². The molecule has 0 aliphatic rings. The summed E-state index contributed by atoms with van der Waals surface area (Å²) in [5, 5.41) is 0. The Labute approximate surface area is 48.0 Å². The van der Waals surface area contributed by atoms with Crippen LogP contribution in [-0.4, -0.2) is 12.9 Å². The maximum Gasteiger partial charge on any atom is 0.412 e. The fourth-order valence-electron chi connectivity index (χ4n) is 0.216. The minimum absolute atomic E-state index is 0.715. The largest absolute Gasteiger partial charge is 0.412 e. The van der Waals surface area contributed by atoms with E-state index >= 15 is 0 Å². The third kappa shape index (κ3) is 5.26. The monoisotopic (exact) mass is 146 g/mol. The van der Waals surface area contributed by atoms with E-state index in [4.69, 9.17) is 0 Å². The summed E-state index contributed by atoms with van der Waals surface area (Å²) in [6.45, 7) is -1.71. The fraction of sp³-hybridized carbons (Fsp3) is 0.500. The molecular formula is C4H3F5. The van der Waals surface area contributed by atoms with Crippen LogP contribution in [0.2, 0.25) is 0 Å². The molecule has 0 unspecified atom stereocenters. The van der Waals surface area contributed by atoms with Crippen molar-refractivity contribution in [3.8, 4) is 0 Å². The highest BCUT2D eigenvalue weighted by atomic mass is 19.4. The first-order chi connectivity index (χ1) is 3.95. The van der Waals surface area contributed by atoms with Gasteiger partial charge in [-0.15, -0.1) is 0 Å². The van der Waals surface area contributed by atoms with Gasteiger partial charge >= 0.3 is 6.18 Å². The quantitative estimate of drug-likeness (QED) is 0.498. The Morgan fingerprint density at radius 2 is 1.78 bits per heavy atom. The summed E-state index contributed by atoms with van der Waals surface area (Å²) in [6.07, 6.45) is -5.47. The van der Waals surface area contributed by atoms with Gasteiger partial charge in [-0.05, 0) is 0 Å². The lowest BCUT2D eigenvalue weighted by atomic mass is 10.5. The van der Waals surface area contributed by atoms with Crippen LogP contribution in [0.4, 0.5) is 22.0 Å². The number of halogens is 5. The number of hydrogen-bond donors (Lipinski definition) is 0. The molecule has 0 atom stereocenters. The second-order valence-corrected chi connectivity index (χ2v) is 1.27. The van der Waals surface area contributed by atoms with Crippen molar-refractivity contribution in [3.63, 3.8) is 0 Å². The number of alkyl halides is 4. The van der Waals surface area contributed by atoms with Crippen molar-refractivity contribution in [3.05, 3.63) is 11.9 Å². The Balaban J connectivity index is 3.95. The molecule has 0 aromatic heterocycles. The van der Waals surface area contributed by atoms with Crippen LogP contribution in [0, 0.1) is 0 Å². The van der Waals surface area contributed by atoms with Crippen molar-refractivity contribution in [2.24, 2.45) is 0 Å². The molecule has 5 heteroatoms. The van der Waals surface area contributed by atoms with Crippen LogP contribution < -0.4 is 0 Å². The standard InChI is InChI=1S/C4H3F5/c5-2-3(6)1-4(7,8)9/h1H,2H2/b3-1-. The molecule has 0 aromatic rings. The van der Waals surface area contributed by atoms with Gasteiger partial charge in [-0.2, -0.15) is 13.2 Å². The number of hydrogen-bond acceptors (Lipinski definition) is 0. The minimum atomic E-state index is -4.75. The highest BCUT2D eigenvalue weighted by Crippen LogP contribution is 2.18. The van der Waals surface area contributed by atoms with E-state index in [-0.39, 0.29) is 0 Å². The van der Waals surface area contributed by atoms with E-state index in [0.29, 0.717) is 0 Å². The SMILES string of the molecule is FC/C(F)=C/C(F)(F)F. The average molecular weight is 146 g/mol. The van der Waals surface area contributed by atoms with Crippen LogP contribution in [-0.2, 0) is 0 Å². The molecule has 0 saturated carbocycles. The molecular weight excluding hydrogens is 143 g/mol. The zero-order chi connectivity index (χ0) is 7.49. The number of allylic oxidation sites excluding steroid dienone is 2. The Morgan fingerprint density at radius 3 is 1.89 bits per heavy atom. The summed E-state index contributed by atoms with van der Waals surface area (Å²) >= 11 is 0. The van der Waals surface area contributed by atoms with Gasteiger partial charge in [0, 0.05) is 0 Å². The van der Waals surface area contributed by atoms with E-state index in [1.54, 1.807) is 0 Å². The molecule has 0 saturated heterocycles. The van der Waals surface area contributed by atoms with Crippen molar-refractivity contribution in [2.75, 3.05) is 6.67 Å². The van der Waals surface area contributed by atoms with Gasteiger partial charge in [0.1, 0.15) is 12.5 Å². The zero-order valence-corrected chi connectivity index (χ0v) is 4.17. The third-order valence-electron chi connectivity index (χ3n) is 0.448. The van der Waals surface area contributed by atoms with Crippen LogP contribution >= 0.6 is 0 Å². The smallest absolute Gasteiger partial charge is 0.243 e. The molecule has 0 spiro atoms. The van der Waals surface area contributed by atoms with Crippen molar-refractivity contribution >= 4 is 0 Å². The molecule has 0 rings (SSSR count). The minimum Gasteiger partial charge on any atom is -0.243 e. The first-order valence-corrected chi connectivity index (χ1v) is 1.95. The van der Waals surface area contributed by atoms with Gasteiger partial charge in [-0.25, -0.2) is 8.78 Å². The summed E-state index contributed by atoms with van der Waals surface area (Å²) in [4.78, 5) is 0. The van der Waals surface area contributed by atoms with Gasteiger partial charge in [0.15, 0.2) is 0 Å². The van der Waals surface area contributed by atoms with Gasteiger partial charge in [-0.1, -0.05) is 0 Å². The van der Waals surface area contributed by atoms with Crippen molar-refractivity contribution < 1.29 is 22.0 Å². The normalized spacial score (nSPS) is 14.1. The topological polar surface area (TPSA) is 0 Å². The van der Waals surface area contributed by atoms with E-state index in [9.17, 15) is 22.0 Å². The first kappa shape index (κ1) is 8.39.